The zero-order valence-electron chi connectivity index (χ0n) is 23.2. The summed E-state index contributed by atoms with van der Waals surface area (Å²) in [6, 6.07) is 18.1. The molecule has 0 radical (unpaired) electrons. The van der Waals surface area contributed by atoms with Crippen LogP contribution in [0, 0.1) is 5.41 Å². The summed E-state index contributed by atoms with van der Waals surface area (Å²) < 4.78 is 6.13. The maximum Gasteiger partial charge on any atom is 0.319 e. The van der Waals surface area contributed by atoms with Gasteiger partial charge in [-0.15, -0.1) is 29.7 Å². The Kier molecular flexibility index (Phi) is 9.22. The van der Waals surface area contributed by atoms with Crippen molar-refractivity contribution in [2.24, 2.45) is 10.6 Å². The normalized spacial score (nSPS) is 21.3. The van der Waals surface area contributed by atoms with E-state index in [9.17, 15) is 19.2 Å². The molecule has 2 fully saturated rings. The van der Waals surface area contributed by atoms with Gasteiger partial charge < -0.3 is 25.1 Å². The summed E-state index contributed by atoms with van der Waals surface area (Å²) >= 11 is 2.48. The Bertz CT molecular complexity index is 1490. The summed E-state index contributed by atoms with van der Waals surface area (Å²) in [7, 11) is 0. The Morgan fingerprint density at radius 3 is 2.47 bits per heavy atom. The predicted molar refractivity (Wildman–Crippen MR) is 163 cm³/mol. The number of anilines is 1. The molecule has 11 nitrogen and oxygen atoms in total. The molecule has 2 aromatic carbocycles. The fourth-order valence-corrected chi connectivity index (χ4v) is 6.96. The number of thioether (sulfide) groups is 1. The van der Waals surface area contributed by atoms with Crippen molar-refractivity contribution < 1.29 is 28.8 Å². The number of amides is 3. The molecule has 0 bridgehead atoms. The van der Waals surface area contributed by atoms with Crippen LogP contribution in [0.5, 0.6) is 0 Å². The number of rotatable bonds is 12. The highest BCUT2D eigenvalue weighted by atomic mass is 32.2. The number of thiazole rings is 1. The Morgan fingerprint density at radius 2 is 1.86 bits per heavy atom. The van der Waals surface area contributed by atoms with Crippen LogP contribution in [0.25, 0.3) is 0 Å². The molecular weight excluding hydrogens is 590 g/mol. The standard InChI is InChI=1S/C30H29N5O6S2/c1-3-30(28(39)41-24(19-11-7-5-8-12-19)20-13-9-6-10-14-20)16-35-26(38)23(27(35)43-17-30)33-25(37)22(34-40-4-2)21-15-42-29(32-21)31-18-36/h3,5-15,18,23-24,27H,1,4,16-17H2,2H3,(H,33,37)(H,31,32,36)/t23?,27-,30?/m1/s1. The molecule has 13 heteroatoms. The summed E-state index contributed by atoms with van der Waals surface area (Å²) in [5.41, 5.74) is 0.576. The van der Waals surface area contributed by atoms with Crippen molar-refractivity contribution in [3.63, 3.8) is 0 Å². The van der Waals surface area contributed by atoms with Crippen LogP contribution in [0.4, 0.5) is 5.13 Å². The first kappa shape index (κ1) is 30.0. The van der Waals surface area contributed by atoms with E-state index >= 15 is 0 Å². The van der Waals surface area contributed by atoms with Crippen molar-refractivity contribution in [3.8, 4) is 0 Å². The topological polar surface area (TPSA) is 139 Å². The number of esters is 1. The van der Waals surface area contributed by atoms with Crippen LogP contribution in [0.3, 0.4) is 0 Å². The molecule has 222 valence electrons. The lowest BCUT2D eigenvalue weighted by molar-refractivity contribution is -0.162. The maximum atomic E-state index is 13.8. The van der Waals surface area contributed by atoms with E-state index in [0.29, 0.717) is 12.2 Å². The van der Waals surface area contributed by atoms with Crippen LogP contribution in [-0.4, -0.2) is 70.1 Å². The Hall–Kier alpha value is -4.49. The summed E-state index contributed by atoms with van der Waals surface area (Å²) in [4.78, 5) is 61.8. The number of carbonyl (C=O) groups excluding carboxylic acids is 4. The van der Waals surface area contributed by atoms with E-state index in [1.807, 2.05) is 60.7 Å². The fourth-order valence-electron chi connectivity index (χ4n) is 4.78. The number of nitrogens with zero attached hydrogens (tertiary/aromatic N) is 3. The SMILES string of the molecule is C=CC1(C(=O)OC(c2ccccc2)c2ccccc2)CS[C@@H]2C(NC(=O)C(=NOCC)c3csc(NC=O)n3)C(=O)N2C1. The number of benzene rings is 2. The van der Waals surface area contributed by atoms with Gasteiger partial charge in [-0.05, 0) is 18.1 Å². The molecule has 2 aliphatic heterocycles. The third-order valence-corrected chi connectivity index (χ3v) is 9.37. The van der Waals surface area contributed by atoms with Gasteiger partial charge in [-0.1, -0.05) is 71.9 Å². The van der Waals surface area contributed by atoms with Gasteiger partial charge in [-0.2, -0.15) is 0 Å². The first-order valence-corrected chi connectivity index (χ1v) is 15.4. The molecule has 3 amide bonds. The maximum absolute atomic E-state index is 13.8. The fraction of sp³-hybridized carbons (Fsp3) is 0.267. The van der Waals surface area contributed by atoms with Gasteiger partial charge in [-0.3, -0.25) is 19.2 Å². The van der Waals surface area contributed by atoms with Gasteiger partial charge in [0.2, 0.25) is 12.3 Å². The molecule has 3 atom stereocenters. The van der Waals surface area contributed by atoms with Crippen LogP contribution in [-0.2, 0) is 28.8 Å². The van der Waals surface area contributed by atoms with Crippen LogP contribution in [0.15, 0.2) is 83.9 Å². The van der Waals surface area contributed by atoms with E-state index in [2.05, 4.69) is 27.4 Å². The second-order valence-electron chi connectivity index (χ2n) is 9.74. The molecule has 2 unspecified atom stereocenters. The van der Waals surface area contributed by atoms with Gasteiger partial charge in [0.1, 0.15) is 29.1 Å². The lowest BCUT2D eigenvalue weighted by atomic mass is 9.87. The number of hydrogen-bond donors (Lipinski definition) is 2. The Labute approximate surface area is 256 Å². The number of nitrogens with one attached hydrogen (secondary N) is 2. The minimum Gasteiger partial charge on any atom is -0.452 e. The minimum atomic E-state index is -1.14. The molecule has 0 spiro atoms. The summed E-state index contributed by atoms with van der Waals surface area (Å²) in [6.45, 7) is 5.92. The van der Waals surface area contributed by atoms with Gasteiger partial charge in [0, 0.05) is 17.7 Å². The highest BCUT2D eigenvalue weighted by Crippen LogP contribution is 2.44. The first-order valence-electron chi connectivity index (χ1n) is 13.4. The molecule has 3 heterocycles. The number of fused-ring (bicyclic) bond motifs is 1. The molecule has 2 N–H and O–H groups in total. The number of carbonyl (C=O) groups is 4. The second kappa shape index (κ2) is 13.2. The number of oxime groups is 1. The lowest BCUT2D eigenvalue weighted by Gasteiger charge is -2.53. The van der Waals surface area contributed by atoms with Crippen molar-refractivity contribution in [3.05, 3.63) is 95.5 Å². The number of ether oxygens (including phenoxy) is 1. The van der Waals surface area contributed by atoms with E-state index in [0.717, 1.165) is 22.5 Å². The monoisotopic (exact) mass is 619 g/mol. The molecule has 1 aromatic heterocycles. The van der Waals surface area contributed by atoms with Gasteiger partial charge in [0.05, 0.1) is 0 Å². The predicted octanol–water partition coefficient (Wildman–Crippen LogP) is 3.36. The van der Waals surface area contributed by atoms with Crippen molar-refractivity contribution in [2.45, 2.75) is 24.4 Å². The quantitative estimate of drug-likeness (QED) is 0.0786. The largest absolute Gasteiger partial charge is 0.452 e. The van der Waals surface area contributed by atoms with Crippen LogP contribution < -0.4 is 10.6 Å². The second-order valence-corrected chi connectivity index (χ2v) is 11.7. The van der Waals surface area contributed by atoms with E-state index < -0.39 is 34.8 Å². The highest BCUT2D eigenvalue weighted by Gasteiger charge is 2.57. The molecule has 43 heavy (non-hydrogen) atoms. The molecule has 0 saturated carbocycles. The summed E-state index contributed by atoms with van der Waals surface area (Å²) in [5.74, 6) is -1.17. The third-order valence-electron chi connectivity index (χ3n) is 7.05. The van der Waals surface area contributed by atoms with E-state index in [4.69, 9.17) is 9.57 Å². The summed E-state index contributed by atoms with van der Waals surface area (Å²) in [6.07, 6.45) is 1.39. The van der Waals surface area contributed by atoms with Crippen molar-refractivity contribution in [2.75, 3.05) is 24.2 Å². The van der Waals surface area contributed by atoms with E-state index in [1.165, 1.54) is 11.8 Å². The Morgan fingerprint density at radius 1 is 1.19 bits per heavy atom. The first-order chi connectivity index (χ1) is 20.9. The molecule has 5 rings (SSSR count). The lowest BCUT2D eigenvalue weighted by Crippen LogP contribution is -2.73. The number of hydrogen-bond acceptors (Lipinski definition) is 10. The average molecular weight is 620 g/mol. The molecule has 2 saturated heterocycles. The van der Waals surface area contributed by atoms with Gasteiger partial charge in [0.15, 0.2) is 16.9 Å². The third kappa shape index (κ3) is 6.18. The van der Waals surface area contributed by atoms with Crippen molar-refractivity contribution in [1.29, 1.82) is 0 Å². The van der Waals surface area contributed by atoms with Gasteiger partial charge >= 0.3 is 5.97 Å². The zero-order chi connectivity index (χ0) is 30.4. The van der Waals surface area contributed by atoms with Crippen LogP contribution in [0.1, 0.15) is 29.8 Å². The van der Waals surface area contributed by atoms with E-state index in [1.54, 1.807) is 23.3 Å². The van der Waals surface area contributed by atoms with Crippen molar-refractivity contribution >= 4 is 58.1 Å². The van der Waals surface area contributed by atoms with Gasteiger partial charge in [-0.25, -0.2) is 4.98 Å². The molecule has 3 aromatic rings. The summed E-state index contributed by atoms with van der Waals surface area (Å²) in [5, 5.41) is 10.5. The molecule has 0 aliphatic carbocycles. The number of aromatic nitrogens is 1. The minimum absolute atomic E-state index is 0.0706. The average Bonchev–Trinajstić information content (AvgIpc) is 3.51. The zero-order valence-corrected chi connectivity index (χ0v) is 24.8. The molecule has 2 aliphatic rings. The van der Waals surface area contributed by atoms with Crippen molar-refractivity contribution in [1.82, 2.24) is 15.2 Å². The highest BCUT2D eigenvalue weighted by molar-refractivity contribution is 8.00. The molecular formula is C30H29N5O6S2. The smallest absolute Gasteiger partial charge is 0.319 e. The Balaban J connectivity index is 1.29. The number of β-lactam (4-membered cyclic amide) rings is 1. The van der Waals surface area contributed by atoms with Crippen LogP contribution in [0.2, 0.25) is 0 Å². The van der Waals surface area contributed by atoms with Crippen LogP contribution >= 0.6 is 23.1 Å². The van der Waals surface area contributed by atoms with Gasteiger partial charge in [0.25, 0.3) is 5.91 Å². The van der Waals surface area contributed by atoms with E-state index in [-0.39, 0.29) is 35.6 Å².